The summed E-state index contributed by atoms with van der Waals surface area (Å²) in [5.41, 5.74) is 7.70. The highest BCUT2D eigenvalue weighted by atomic mass is 35.5. The van der Waals surface area contributed by atoms with Gasteiger partial charge in [-0.3, -0.25) is 0 Å². The van der Waals surface area contributed by atoms with Gasteiger partial charge in [0.2, 0.25) is 0 Å². The molecule has 1 fully saturated rings. The molecule has 106 valence electrons. The monoisotopic (exact) mass is 280 g/mol. The normalized spacial score (nSPS) is 16.2. The summed E-state index contributed by atoms with van der Waals surface area (Å²) >= 11 is 6.40. The molecular weight excluding hydrogens is 256 g/mol. The SMILES string of the molecule is CC(C)CCN(c1ccc(N)cc1Cl)C1CCCC1. The molecule has 0 unspecified atom stereocenters. The number of rotatable bonds is 5. The van der Waals surface area contributed by atoms with Crippen molar-refractivity contribution in [1.82, 2.24) is 0 Å². The van der Waals surface area contributed by atoms with Crippen molar-refractivity contribution in [3.05, 3.63) is 23.2 Å². The number of anilines is 2. The molecule has 0 spiro atoms. The molecule has 2 nitrogen and oxygen atoms in total. The van der Waals surface area contributed by atoms with E-state index in [1.807, 2.05) is 12.1 Å². The zero-order valence-corrected chi connectivity index (χ0v) is 12.8. The van der Waals surface area contributed by atoms with E-state index in [1.54, 1.807) is 0 Å². The highest BCUT2D eigenvalue weighted by Crippen LogP contribution is 2.34. The second kappa shape index (κ2) is 6.51. The van der Waals surface area contributed by atoms with Crippen LogP contribution in [0.5, 0.6) is 0 Å². The van der Waals surface area contributed by atoms with Crippen LogP contribution in [0.1, 0.15) is 46.0 Å². The fourth-order valence-electron chi connectivity index (χ4n) is 2.87. The van der Waals surface area contributed by atoms with Crippen molar-refractivity contribution in [2.45, 2.75) is 52.0 Å². The van der Waals surface area contributed by atoms with Crippen molar-refractivity contribution in [3.63, 3.8) is 0 Å². The molecule has 0 aliphatic heterocycles. The van der Waals surface area contributed by atoms with E-state index in [0.29, 0.717) is 6.04 Å². The Morgan fingerprint density at radius 1 is 1.32 bits per heavy atom. The van der Waals surface area contributed by atoms with Gasteiger partial charge in [0.05, 0.1) is 10.7 Å². The van der Waals surface area contributed by atoms with Gasteiger partial charge in [0.15, 0.2) is 0 Å². The van der Waals surface area contributed by atoms with Crippen molar-refractivity contribution >= 4 is 23.0 Å². The Labute approximate surface area is 121 Å². The van der Waals surface area contributed by atoms with Gasteiger partial charge in [-0.2, -0.15) is 0 Å². The molecule has 2 rings (SSSR count). The van der Waals surface area contributed by atoms with Crippen LogP contribution in [0.25, 0.3) is 0 Å². The van der Waals surface area contributed by atoms with Gasteiger partial charge in [-0.15, -0.1) is 0 Å². The van der Waals surface area contributed by atoms with Crippen molar-refractivity contribution in [2.24, 2.45) is 5.92 Å². The van der Waals surface area contributed by atoms with E-state index in [9.17, 15) is 0 Å². The minimum absolute atomic E-state index is 0.653. The van der Waals surface area contributed by atoms with Crippen LogP contribution in [-0.4, -0.2) is 12.6 Å². The highest BCUT2D eigenvalue weighted by Gasteiger charge is 2.24. The second-order valence-corrected chi connectivity index (χ2v) is 6.43. The summed E-state index contributed by atoms with van der Waals surface area (Å²) in [6.07, 6.45) is 6.47. The molecule has 0 radical (unpaired) electrons. The second-order valence-electron chi connectivity index (χ2n) is 6.03. The Morgan fingerprint density at radius 2 is 2.00 bits per heavy atom. The molecule has 1 aromatic carbocycles. The summed E-state index contributed by atoms with van der Waals surface area (Å²) in [6, 6.07) is 6.56. The predicted octanol–water partition coefficient (Wildman–Crippen LogP) is 4.72. The molecule has 0 aromatic heterocycles. The molecule has 1 aromatic rings. The largest absolute Gasteiger partial charge is 0.399 e. The summed E-state index contributed by atoms with van der Waals surface area (Å²) in [6.45, 7) is 5.64. The fourth-order valence-corrected chi connectivity index (χ4v) is 3.17. The topological polar surface area (TPSA) is 29.3 Å². The Hall–Kier alpha value is -0.890. The van der Waals surface area contributed by atoms with E-state index < -0.39 is 0 Å². The lowest BCUT2D eigenvalue weighted by Crippen LogP contribution is -2.35. The third-order valence-electron chi connectivity index (χ3n) is 3.99. The van der Waals surface area contributed by atoms with Crippen LogP contribution in [0.4, 0.5) is 11.4 Å². The van der Waals surface area contributed by atoms with Crippen molar-refractivity contribution in [1.29, 1.82) is 0 Å². The summed E-state index contributed by atoms with van der Waals surface area (Å²) < 4.78 is 0. The molecule has 3 heteroatoms. The lowest BCUT2D eigenvalue weighted by Gasteiger charge is -2.32. The van der Waals surface area contributed by atoms with Gasteiger partial charge in [-0.05, 0) is 43.4 Å². The number of hydrogen-bond acceptors (Lipinski definition) is 2. The first-order chi connectivity index (χ1) is 9.08. The van der Waals surface area contributed by atoms with Crippen LogP contribution >= 0.6 is 11.6 Å². The first kappa shape index (κ1) is 14.5. The Balaban J connectivity index is 2.19. The maximum atomic E-state index is 6.40. The van der Waals surface area contributed by atoms with Crippen LogP contribution in [0.3, 0.4) is 0 Å². The average molecular weight is 281 g/mol. The molecule has 2 N–H and O–H groups in total. The lowest BCUT2D eigenvalue weighted by atomic mass is 10.1. The van der Waals surface area contributed by atoms with Crippen LogP contribution in [0.2, 0.25) is 5.02 Å². The van der Waals surface area contributed by atoms with Crippen molar-refractivity contribution in [3.8, 4) is 0 Å². The molecule has 0 saturated heterocycles. The van der Waals surface area contributed by atoms with Gasteiger partial charge in [0, 0.05) is 18.3 Å². The van der Waals surface area contributed by atoms with Gasteiger partial charge >= 0.3 is 0 Å². The zero-order valence-electron chi connectivity index (χ0n) is 12.0. The zero-order chi connectivity index (χ0) is 13.8. The number of hydrogen-bond donors (Lipinski definition) is 1. The molecule has 0 bridgehead atoms. The van der Waals surface area contributed by atoms with E-state index in [-0.39, 0.29) is 0 Å². The summed E-state index contributed by atoms with van der Waals surface area (Å²) in [7, 11) is 0. The van der Waals surface area contributed by atoms with E-state index in [1.165, 1.54) is 32.1 Å². The number of halogens is 1. The number of nitrogens with two attached hydrogens (primary N) is 1. The molecule has 1 saturated carbocycles. The molecule has 1 aliphatic rings. The molecular formula is C16H25ClN2. The quantitative estimate of drug-likeness (QED) is 0.791. The number of nitrogens with zero attached hydrogens (tertiary/aromatic N) is 1. The molecule has 1 aliphatic carbocycles. The smallest absolute Gasteiger partial charge is 0.0660 e. The molecule has 19 heavy (non-hydrogen) atoms. The molecule has 0 amide bonds. The molecule has 0 atom stereocenters. The summed E-state index contributed by atoms with van der Waals surface area (Å²) in [4.78, 5) is 2.51. The van der Waals surface area contributed by atoms with Crippen LogP contribution in [0, 0.1) is 5.92 Å². The third-order valence-corrected chi connectivity index (χ3v) is 4.30. The van der Waals surface area contributed by atoms with Crippen molar-refractivity contribution < 1.29 is 0 Å². The minimum atomic E-state index is 0.653. The Bertz CT molecular complexity index is 411. The average Bonchev–Trinajstić information content (AvgIpc) is 2.85. The van der Waals surface area contributed by atoms with Gasteiger partial charge in [-0.25, -0.2) is 0 Å². The number of benzene rings is 1. The van der Waals surface area contributed by atoms with Gasteiger partial charge in [0.1, 0.15) is 0 Å². The van der Waals surface area contributed by atoms with E-state index in [0.717, 1.165) is 28.9 Å². The maximum absolute atomic E-state index is 6.40. The predicted molar refractivity (Wildman–Crippen MR) is 84.9 cm³/mol. The van der Waals surface area contributed by atoms with Crippen LogP contribution in [0.15, 0.2) is 18.2 Å². The molecule has 0 heterocycles. The standard InChI is InChI=1S/C16H25ClN2/c1-12(2)9-10-19(14-5-3-4-6-14)16-8-7-13(18)11-15(16)17/h7-8,11-12,14H,3-6,9-10,18H2,1-2H3. The highest BCUT2D eigenvalue weighted by molar-refractivity contribution is 6.33. The number of nitrogen functional groups attached to an aromatic ring is 1. The van der Waals surface area contributed by atoms with E-state index in [4.69, 9.17) is 17.3 Å². The Kier molecular flexibility index (Phi) is 4.98. The van der Waals surface area contributed by atoms with Crippen molar-refractivity contribution in [2.75, 3.05) is 17.2 Å². The van der Waals surface area contributed by atoms with Gasteiger partial charge < -0.3 is 10.6 Å². The van der Waals surface area contributed by atoms with Gasteiger partial charge in [-0.1, -0.05) is 38.3 Å². The minimum Gasteiger partial charge on any atom is -0.399 e. The summed E-state index contributed by atoms with van der Waals surface area (Å²) in [5.74, 6) is 0.719. The maximum Gasteiger partial charge on any atom is 0.0660 e. The first-order valence-electron chi connectivity index (χ1n) is 7.39. The summed E-state index contributed by atoms with van der Waals surface area (Å²) in [5, 5.41) is 0.788. The fraction of sp³-hybridized carbons (Fsp3) is 0.625. The lowest BCUT2D eigenvalue weighted by molar-refractivity contribution is 0.528. The van der Waals surface area contributed by atoms with Gasteiger partial charge in [0.25, 0.3) is 0 Å². The first-order valence-corrected chi connectivity index (χ1v) is 7.77. The van der Waals surface area contributed by atoms with E-state index >= 15 is 0 Å². The van der Waals surface area contributed by atoms with E-state index in [2.05, 4.69) is 24.8 Å². The third kappa shape index (κ3) is 3.79. The Morgan fingerprint density at radius 3 is 2.58 bits per heavy atom. The van der Waals surface area contributed by atoms with Crippen LogP contribution < -0.4 is 10.6 Å². The van der Waals surface area contributed by atoms with Crippen LogP contribution in [-0.2, 0) is 0 Å².